The van der Waals surface area contributed by atoms with Gasteiger partial charge in [0.25, 0.3) is 0 Å². The third kappa shape index (κ3) is 6.46. The first-order valence-corrected chi connectivity index (χ1v) is 11.2. The van der Waals surface area contributed by atoms with Crippen molar-refractivity contribution >= 4 is 34.5 Å². The first-order valence-electron chi connectivity index (χ1n) is 10.2. The minimum absolute atomic E-state index is 0.0948. The largest absolute Gasteiger partial charge is 0.497 e. The number of benzene rings is 2. The van der Waals surface area contributed by atoms with Crippen molar-refractivity contribution in [3.05, 3.63) is 54.6 Å². The summed E-state index contributed by atoms with van der Waals surface area (Å²) in [5.74, 6) is 0.648. The molecular formula is C24H26N2O4S. The average molecular weight is 439 g/mol. The van der Waals surface area contributed by atoms with Crippen molar-refractivity contribution in [2.24, 2.45) is 0 Å². The number of fused-ring (bicyclic) bond motifs is 1. The van der Waals surface area contributed by atoms with E-state index in [-0.39, 0.29) is 17.6 Å². The van der Waals surface area contributed by atoms with Crippen molar-refractivity contribution in [2.45, 2.75) is 24.8 Å². The van der Waals surface area contributed by atoms with E-state index in [2.05, 4.69) is 17.4 Å². The molecule has 3 rings (SSSR count). The van der Waals surface area contributed by atoms with Crippen LogP contribution in [0.2, 0.25) is 0 Å². The number of carbonyl (C=O) groups excluding carboxylic acids is 2. The van der Waals surface area contributed by atoms with Crippen molar-refractivity contribution in [2.75, 3.05) is 26.0 Å². The minimum atomic E-state index is -0.240. The number of amides is 1. The maximum Gasteiger partial charge on any atom is 0.305 e. The zero-order valence-electron chi connectivity index (χ0n) is 17.7. The van der Waals surface area contributed by atoms with Crippen LogP contribution in [0.1, 0.15) is 19.8 Å². The maximum atomic E-state index is 12.2. The monoisotopic (exact) mass is 438 g/mol. The number of pyridine rings is 1. The Bertz CT molecular complexity index is 1040. The fraction of sp³-hybridized carbons (Fsp3) is 0.292. The highest BCUT2D eigenvalue weighted by Crippen LogP contribution is 2.33. The quantitative estimate of drug-likeness (QED) is 0.286. The summed E-state index contributed by atoms with van der Waals surface area (Å²) < 4.78 is 10.2. The highest BCUT2D eigenvalue weighted by atomic mass is 32.2. The molecular weight excluding hydrogens is 412 g/mol. The summed E-state index contributed by atoms with van der Waals surface area (Å²) in [7, 11) is 1.63. The number of carbonyl (C=O) groups is 2. The fourth-order valence-electron chi connectivity index (χ4n) is 3.13. The average Bonchev–Trinajstić information content (AvgIpc) is 2.80. The second kappa shape index (κ2) is 11.4. The Hall–Kier alpha value is -3.06. The zero-order chi connectivity index (χ0) is 22.1. The Labute approximate surface area is 186 Å². The maximum absolute atomic E-state index is 12.2. The summed E-state index contributed by atoms with van der Waals surface area (Å²) in [6.07, 6.45) is 0.858. The van der Waals surface area contributed by atoms with Crippen molar-refractivity contribution in [1.29, 1.82) is 0 Å². The number of nitrogens with one attached hydrogen (secondary N) is 1. The molecule has 0 saturated carbocycles. The number of ether oxygens (including phenoxy) is 2. The SMILES string of the molecule is CCOC(=O)CCCNC(=O)CSc1cc(-c2ccccc2)c2ccc(OC)cc2n1. The van der Waals surface area contributed by atoms with Gasteiger partial charge in [-0.2, -0.15) is 0 Å². The highest BCUT2D eigenvalue weighted by Gasteiger charge is 2.11. The molecule has 0 bridgehead atoms. The molecule has 2 aromatic carbocycles. The van der Waals surface area contributed by atoms with Gasteiger partial charge in [0.2, 0.25) is 5.91 Å². The van der Waals surface area contributed by atoms with Crippen molar-refractivity contribution in [3.63, 3.8) is 0 Å². The van der Waals surface area contributed by atoms with E-state index in [0.717, 1.165) is 32.8 Å². The van der Waals surface area contributed by atoms with Gasteiger partial charge in [-0.3, -0.25) is 9.59 Å². The summed E-state index contributed by atoms with van der Waals surface area (Å²) in [5, 5.41) is 4.63. The Kier molecular flexibility index (Phi) is 8.29. The Morgan fingerprint density at radius 2 is 1.90 bits per heavy atom. The van der Waals surface area contributed by atoms with Gasteiger partial charge in [-0.15, -0.1) is 0 Å². The van der Waals surface area contributed by atoms with Gasteiger partial charge in [0.1, 0.15) is 5.75 Å². The molecule has 7 heteroatoms. The topological polar surface area (TPSA) is 77.5 Å². The molecule has 0 fully saturated rings. The number of methoxy groups -OCH3 is 1. The fourth-order valence-corrected chi connectivity index (χ4v) is 3.87. The molecule has 162 valence electrons. The van der Waals surface area contributed by atoms with Gasteiger partial charge in [-0.1, -0.05) is 42.1 Å². The number of thioether (sulfide) groups is 1. The van der Waals surface area contributed by atoms with E-state index >= 15 is 0 Å². The molecule has 1 N–H and O–H groups in total. The van der Waals surface area contributed by atoms with E-state index in [1.165, 1.54) is 11.8 Å². The van der Waals surface area contributed by atoms with Gasteiger partial charge >= 0.3 is 5.97 Å². The van der Waals surface area contributed by atoms with E-state index in [9.17, 15) is 9.59 Å². The lowest BCUT2D eigenvalue weighted by molar-refractivity contribution is -0.143. The number of hydrogen-bond acceptors (Lipinski definition) is 6. The second-order valence-corrected chi connectivity index (χ2v) is 7.80. The number of nitrogens with zero attached hydrogens (tertiary/aromatic N) is 1. The Morgan fingerprint density at radius 3 is 2.65 bits per heavy atom. The molecule has 6 nitrogen and oxygen atoms in total. The molecule has 0 spiro atoms. The first-order chi connectivity index (χ1) is 15.1. The molecule has 3 aromatic rings. The molecule has 31 heavy (non-hydrogen) atoms. The molecule has 0 aliphatic rings. The number of aromatic nitrogens is 1. The molecule has 0 aliphatic carbocycles. The lowest BCUT2D eigenvalue weighted by atomic mass is 10.0. The molecule has 0 saturated heterocycles. The van der Waals surface area contributed by atoms with Gasteiger partial charge in [0.05, 0.1) is 30.0 Å². The molecule has 0 atom stereocenters. The van der Waals surface area contributed by atoms with Gasteiger partial charge in [-0.05, 0) is 42.7 Å². The molecule has 0 radical (unpaired) electrons. The zero-order valence-corrected chi connectivity index (χ0v) is 18.5. The Balaban J connectivity index is 1.69. The van der Waals surface area contributed by atoms with Crippen LogP contribution in [0, 0.1) is 0 Å². The van der Waals surface area contributed by atoms with Crippen LogP contribution >= 0.6 is 11.8 Å². The normalized spacial score (nSPS) is 10.6. The van der Waals surface area contributed by atoms with Crippen LogP contribution in [0.25, 0.3) is 22.0 Å². The predicted octanol–water partition coefficient (Wildman–Crippen LogP) is 4.46. The number of esters is 1. The van der Waals surface area contributed by atoms with E-state index < -0.39 is 0 Å². The van der Waals surface area contributed by atoms with Crippen LogP contribution in [0.5, 0.6) is 5.75 Å². The third-order valence-electron chi connectivity index (χ3n) is 4.61. The van der Waals surface area contributed by atoms with Crippen molar-refractivity contribution in [1.82, 2.24) is 10.3 Å². The van der Waals surface area contributed by atoms with Crippen LogP contribution in [0.15, 0.2) is 59.6 Å². The van der Waals surface area contributed by atoms with Crippen molar-refractivity contribution < 1.29 is 19.1 Å². The van der Waals surface area contributed by atoms with Crippen molar-refractivity contribution in [3.8, 4) is 16.9 Å². The van der Waals surface area contributed by atoms with Crippen LogP contribution in [0.4, 0.5) is 0 Å². The van der Waals surface area contributed by atoms with Crippen LogP contribution in [0.3, 0.4) is 0 Å². The summed E-state index contributed by atoms with van der Waals surface area (Å²) in [6.45, 7) is 2.59. The summed E-state index contributed by atoms with van der Waals surface area (Å²) in [4.78, 5) is 28.3. The van der Waals surface area contributed by atoms with Gasteiger partial charge in [-0.25, -0.2) is 4.98 Å². The number of hydrogen-bond donors (Lipinski definition) is 1. The molecule has 0 aliphatic heterocycles. The lowest BCUT2D eigenvalue weighted by Gasteiger charge is -2.11. The van der Waals surface area contributed by atoms with E-state index in [1.807, 2.05) is 42.5 Å². The predicted molar refractivity (Wildman–Crippen MR) is 123 cm³/mol. The number of rotatable bonds is 10. The smallest absolute Gasteiger partial charge is 0.305 e. The van der Waals surface area contributed by atoms with E-state index in [4.69, 9.17) is 14.5 Å². The molecule has 1 amide bonds. The Morgan fingerprint density at radius 1 is 1.10 bits per heavy atom. The standard InChI is InChI=1S/C24H26N2O4S/c1-3-30-24(28)10-7-13-25-22(27)16-31-23-15-20(17-8-5-4-6-9-17)19-12-11-18(29-2)14-21(19)26-23/h4-6,8-9,11-12,14-15H,3,7,10,13,16H2,1-2H3,(H,25,27). The molecule has 1 aromatic heterocycles. The van der Waals surface area contributed by atoms with Gasteiger partial charge < -0.3 is 14.8 Å². The third-order valence-corrected chi connectivity index (χ3v) is 5.53. The first kappa shape index (κ1) is 22.6. The highest BCUT2D eigenvalue weighted by molar-refractivity contribution is 7.99. The second-order valence-electron chi connectivity index (χ2n) is 6.80. The van der Waals surface area contributed by atoms with E-state index in [1.54, 1.807) is 14.0 Å². The molecule has 0 unspecified atom stereocenters. The summed E-state index contributed by atoms with van der Waals surface area (Å²) in [6, 6.07) is 18.0. The summed E-state index contributed by atoms with van der Waals surface area (Å²) in [5.41, 5.74) is 2.97. The van der Waals surface area contributed by atoms with Gasteiger partial charge in [0, 0.05) is 24.4 Å². The lowest BCUT2D eigenvalue weighted by Crippen LogP contribution is -2.26. The van der Waals surface area contributed by atoms with E-state index in [0.29, 0.717) is 26.0 Å². The minimum Gasteiger partial charge on any atom is -0.497 e. The van der Waals surface area contributed by atoms with Crippen LogP contribution in [-0.4, -0.2) is 42.9 Å². The van der Waals surface area contributed by atoms with Gasteiger partial charge in [0.15, 0.2) is 0 Å². The molecule has 1 heterocycles. The summed E-state index contributed by atoms with van der Waals surface area (Å²) >= 11 is 1.38. The van der Waals surface area contributed by atoms with Crippen LogP contribution < -0.4 is 10.1 Å². The van der Waals surface area contributed by atoms with Crippen LogP contribution in [-0.2, 0) is 14.3 Å².